The van der Waals surface area contributed by atoms with E-state index < -0.39 is 0 Å². The third kappa shape index (κ3) is 4.08. The number of tetrazole rings is 1. The van der Waals surface area contributed by atoms with E-state index >= 15 is 0 Å². The molecular formula is C25H28N6O. The number of hydrogen-bond donors (Lipinski definition) is 1. The van der Waals surface area contributed by atoms with Gasteiger partial charge in [0.2, 0.25) is 0 Å². The van der Waals surface area contributed by atoms with Gasteiger partial charge in [0, 0.05) is 11.1 Å². The molecule has 5 rings (SSSR count). The first-order valence-electron chi connectivity index (χ1n) is 11.3. The highest BCUT2D eigenvalue weighted by atomic mass is 16.1. The van der Waals surface area contributed by atoms with Crippen LogP contribution in [0, 0.1) is 12.8 Å². The van der Waals surface area contributed by atoms with Crippen LogP contribution in [0.15, 0.2) is 59.4 Å². The molecule has 1 aliphatic rings. The number of benzene rings is 2. The molecule has 0 amide bonds. The molecule has 1 fully saturated rings. The van der Waals surface area contributed by atoms with Gasteiger partial charge in [0.25, 0.3) is 5.56 Å². The first-order chi connectivity index (χ1) is 15.6. The second kappa shape index (κ2) is 8.67. The second-order valence-corrected chi connectivity index (χ2v) is 8.95. The summed E-state index contributed by atoms with van der Waals surface area (Å²) in [6, 6.07) is 18.0. The Hall–Kier alpha value is -3.32. The van der Waals surface area contributed by atoms with Gasteiger partial charge in [-0.05, 0) is 78.3 Å². The van der Waals surface area contributed by atoms with Crippen LogP contribution in [0.1, 0.15) is 48.3 Å². The Labute approximate surface area is 187 Å². The molecule has 0 spiro atoms. The van der Waals surface area contributed by atoms with Crippen molar-refractivity contribution in [3.63, 3.8) is 0 Å². The predicted molar refractivity (Wildman–Crippen MR) is 124 cm³/mol. The zero-order valence-electron chi connectivity index (χ0n) is 18.5. The molecule has 32 heavy (non-hydrogen) atoms. The topological polar surface area (TPSA) is 79.7 Å². The highest BCUT2D eigenvalue weighted by Crippen LogP contribution is 2.31. The molecule has 0 radical (unpaired) electrons. The molecule has 0 unspecified atom stereocenters. The number of aromatic nitrogens is 5. The van der Waals surface area contributed by atoms with Crippen molar-refractivity contribution >= 4 is 10.9 Å². The Morgan fingerprint density at radius 1 is 1.09 bits per heavy atom. The van der Waals surface area contributed by atoms with Gasteiger partial charge in [0.05, 0.1) is 6.54 Å². The standard InChI is InChI=1S/C25H28N6O/c1-17-10-12-30(13-11-17)23(21-15-20-14-18(2)8-9-22(20)26-25(21)32)24-27-28-29-31(24)16-19-6-4-3-5-7-19/h3-9,14-15,17,23H,10-13,16H2,1-2H3,(H,26,32)/t23-/m1/s1. The van der Waals surface area contributed by atoms with Crippen molar-refractivity contribution in [2.24, 2.45) is 5.92 Å². The molecular weight excluding hydrogens is 400 g/mol. The Balaban J connectivity index is 1.62. The van der Waals surface area contributed by atoms with Crippen LogP contribution >= 0.6 is 0 Å². The average Bonchev–Trinajstić information content (AvgIpc) is 3.24. The van der Waals surface area contributed by atoms with E-state index in [2.05, 4.69) is 57.5 Å². The highest BCUT2D eigenvalue weighted by Gasteiger charge is 2.32. The van der Waals surface area contributed by atoms with Gasteiger partial charge in [-0.1, -0.05) is 48.9 Å². The minimum absolute atomic E-state index is 0.0840. The zero-order valence-corrected chi connectivity index (χ0v) is 18.5. The second-order valence-electron chi connectivity index (χ2n) is 8.95. The lowest BCUT2D eigenvalue weighted by Gasteiger charge is -2.35. The summed E-state index contributed by atoms with van der Waals surface area (Å²) in [6.45, 7) is 6.74. The fraction of sp³-hybridized carbons (Fsp3) is 0.360. The Kier molecular flexibility index (Phi) is 5.57. The molecule has 2 aromatic heterocycles. The molecule has 7 nitrogen and oxygen atoms in total. The molecule has 1 aliphatic heterocycles. The summed E-state index contributed by atoms with van der Waals surface area (Å²) in [4.78, 5) is 18.7. The number of nitrogens with zero attached hydrogens (tertiary/aromatic N) is 5. The third-order valence-electron chi connectivity index (χ3n) is 6.49. The maximum Gasteiger partial charge on any atom is 0.253 e. The van der Waals surface area contributed by atoms with Crippen LogP contribution in [0.4, 0.5) is 0 Å². The molecule has 3 heterocycles. The molecule has 7 heteroatoms. The fourth-order valence-corrected chi connectivity index (χ4v) is 4.61. The van der Waals surface area contributed by atoms with Crippen molar-refractivity contribution in [3.8, 4) is 0 Å². The van der Waals surface area contributed by atoms with E-state index in [1.54, 1.807) is 0 Å². The van der Waals surface area contributed by atoms with Gasteiger partial charge in [-0.2, -0.15) is 0 Å². The van der Waals surface area contributed by atoms with Gasteiger partial charge in [0.1, 0.15) is 6.04 Å². The number of pyridine rings is 1. The summed E-state index contributed by atoms with van der Waals surface area (Å²) in [5, 5.41) is 13.7. The van der Waals surface area contributed by atoms with E-state index in [-0.39, 0.29) is 11.6 Å². The first kappa shape index (κ1) is 20.6. The van der Waals surface area contributed by atoms with Crippen molar-refractivity contribution in [2.75, 3.05) is 13.1 Å². The summed E-state index contributed by atoms with van der Waals surface area (Å²) in [5.74, 6) is 1.39. The first-order valence-corrected chi connectivity index (χ1v) is 11.3. The van der Waals surface area contributed by atoms with Gasteiger partial charge < -0.3 is 4.98 Å². The van der Waals surface area contributed by atoms with E-state index in [0.717, 1.165) is 48.0 Å². The smallest absolute Gasteiger partial charge is 0.253 e. The zero-order chi connectivity index (χ0) is 22.1. The molecule has 2 aromatic carbocycles. The number of piperidine rings is 1. The number of aromatic amines is 1. The van der Waals surface area contributed by atoms with E-state index in [0.29, 0.717) is 23.9 Å². The molecule has 0 aliphatic carbocycles. The summed E-state index contributed by atoms with van der Waals surface area (Å²) in [7, 11) is 0. The number of H-pyrrole nitrogens is 1. The third-order valence-corrected chi connectivity index (χ3v) is 6.49. The Morgan fingerprint density at radius 2 is 1.88 bits per heavy atom. The lowest BCUT2D eigenvalue weighted by molar-refractivity contribution is 0.149. The van der Waals surface area contributed by atoms with Crippen LogP contribution < -0.4 is 5.56 Å². The predicted octanol–water partition coefficient (Wildman–Crippen LogP) is 3.69. The lowest BCUT2D eigenvalue weighted by atomic mass is 9.95. The SMILES string of the molecule is Cc1ccc2[nH]c(=O)c([C@H](c3nnnn3Cc3ccccc3)N3CCC(C)CC3)cc2c1. The van der Waals surface area contributed by atoms with Crippen molar-refractivity contribution < 1.29 is 0 Å². The fourth-order valence-electron chi connectivity index (χ4n) is 4.61. The molecule has 164 valence electrons. The van der Waals surface area contributed by atoms with Crippen LogP contribution in [0.25, 0.3) is 10.9 Å². The van der Waals surface area contributed by atoms with Gasteiger partial charge in [0.15, 0.2) is 5.82 Å². The number of aryl methyl sites for hydroxylation is 1. The molecule has 0 saturated carbocycles. The van der Waals surface area contributed by atoms with Crippen LogP contribution in [0.3, 0.4) is 0 Å². The van der Waals surface area contributed by atoms with E-state index in [9.17, 15) is 4.79 Å². The number of nitrogens with one attached hydrogen (secondary N) is 1. The Morgan fingerprint density at radius 3 is 2.66 bits per heavy atom. The minimum Gasteiger partial charge on any atom is -0.322 e. The molecule has 1 atom stereocenters. The largest absolute Gasteiger partial charge is 0.322 e. The summed E-state index contributed by atoms with van der Waals surface area (Å²) >= 11 is 0. The normalized spacial score (nSPS) is 16.4. The van der Waals surface area contributed by atoms with Gasteiger partial charge in [-0.3, -0.25) is 9.69 Å². The number of hydrogen-bond acceptors (Lipinski definition) is 5. The average molecular weight is 429 g/mol. The van der Waals surface area contributed by atoms with Crippen LogP contribution in [0.2, 0.25) is 0 Å². The monoisotopic (exact) mass is 428 g/mol. The van der Waals surface area contributed by atoms with Crippen molar-refractivity contribution in [1.29, 1.82) is 0 Å². The molecule has 4 aromatic rings. The summed E-state index contributed by atoms with van der Waals surface area (Å²) in [5.41, 5.74) is 3.74. The minimum atomic E-state index is -0.296. The Bertz CT molecular complexity index is 1270. The van der Waals surface area contributed by atoms with E-state index in [1.807, 2.05) is 41.1 Å². The summed E-state index contributed by atoms with van der Waals surface area (Å²) in [6.07, 6.45) is 2.20. The van der Waals surface area contributed by atoms with Gasteiger partial charge >= 0.3 is 0 Å². The quantitative estimate of drug-likeness (QED) is 0.524. The number of fused-ring (bicyclic) bond motifs is 1. The number of rotatable bonds is 5. The van der Waals surface area contributed by atoms with Gasteiger partial charge in [-0.15, -0.1) is 5.10 Å². The summed E-state index contributed by atoms with van der Waals surface area (Å²) < 4.78 is 1.83. The molecule has 1 saturated heterocycles. The highest BCUT2D eigenvalue weighted by molar-refractivity contribution is 5.79. The van der Waals surface area contributed by atoms with Crippen molar-refractivity contribution in [1.82, 2.24) is 30.1 Å². The van der Waals surface area contributed by atoms with Gasteiger partial charge in [-0.25, -0.2) is 4.68 Å². The molecule has 0 bridgehead atoms. The van der Waals surface area contributed by atoms with E-state index in [4.69, 9.17) is 0 Å². The lowest BCUT2D eigenvalue weighted by Crippen LogP contribution is -2.40. The van der Waals surface area contributed by atoms with Crippen molar-refractivity contribution in [3.05, 3.63) is 87.5 Å². The maximum atomic E-state index is 13.3. The van der Waals surface area contributed by atoms with Crippen molar-refractivity contribution in [2.45, 2.75) is 39.3 Å². The van der Waals surface area contributed by atoms with E-state index in [1.165, 1.54) is 0 Å². The van der Waals surface area contributed by atoms with Crippen LogP contribution in [0.5, 0.6) is 0 Å². The maximum absolute atomic E-state index is 13.3. The van der Waals surface area contributed by atoms with Crippen LogP contribution in [-0.4, -0.2) is 43.2 Å². The number of likely N-dealkylation sites (tertiary alicyclic amines) is 1. The van der Waals surface area contributed by atoms with Crippen LogP contribution in [-0.2, 0) is 6.54 Å². The molecule has 1 N–H and O–H groups in total.